The zero-order valence-corrected chi connectivity index (χ0v) is 18.5. The summed E-state index contributed by atoms with van der Waals surface area (Å²) in [6.07, 6.45) is -0.0745. The van der Waals surface area contributed by atoms with E-state index < -0.39 is 28.6 Å². The number of amides is 1. The van der Waals surface area contributed by atoms with Crippen LogP contribution in [0.2, 0.25) is 0 Å². The molecule has 1 aromatic carbocycles. The largest absolute Gasteiger partial charge is 0.454 e. The van der Waals surface area contributed by atoms with E-state index in [1.165, 1.54) is 12.1 Å². The van der Waals surface area contributed by atoms with Gasteiger partial charge in [-0.15, -0.1) is 0 Å². The molecule has 1 aromatic rings. The molecule has 0 aliphatic carbocycles. The smallest absolute Gasteiger partial charge is 0.324 e. The highest BCUT2D eigenvalue weighted by molar-refractivity contribution is 9.10. The molecular formula is C18H25BrN2O6S. The second kappa shape index (κ2) is 9.82. The Balaban J connectivity index is 1.99. The number of benzene rings is 1. The van der Waals surface area contributed by atoms with E-state index in [0.717, 1.165) is 4.47 Å². The van der Waals surface area contributed by atoms with E-state index in [-0.39, 0.29) is 22.8 Å². The van der Waals surface area contributed by atoms with E-state index in [2.05, 4.69) is 20.7 Å². The Kier molecular flexibility index (Phi) is 7.99. The number of hydrogen-bond acceptors (Lipinski definition) is 6. The van der Waals surface area contributed by atoms with Gasteiger partial charge in [0.15, 0.2) is 6.61 Å². The molecule has 1 N–H and O–H groups in total. The molecule has 2 atom stereocenters. The first-order chi connectivity index (χ1) is 13.1. The summed E-state index contributed by atoms with van der Waals surface area (Å²) in [6.45, 7) is 6.11. The summed E-state index contributed by atoms with van der Waals surface area (Å²) >= 11 is 3.25. The highest BCUT2D eigenvalue weighted by Gasteiger charge is 2.31. The van der Waals surface area contributed by atoms with Crippen LogP contribution in [0.1, 0.15) is 20.8 Å². The molecule has 1 heterocycles. The topological polar surface area (TPSA) is 102 Å². The van der Waals surface area contributed by atoms with Gasteiger partial charge in [0.25, 0.3) is 5.91 Å². The molecule has 1 aliphatic rings. The molecule has 8 nitrogen and oxygen atoms in total. The average molecular weight is 477 g/mol. The summed E-state index contributed by atoms with van der Waals surface area (Å²) in [5.74, 6) is -1.48. The van der Waals surface area contributed by atoms with Crippen molar-refractivity contribution in [3.8, 4) is 0 Å². The van der Waals surface area contributed by atoms with Crippen LogP contribution < -0.4 is 4.72 Å². The molecule has 1 fully saturated rings. The van der Waals surface area contributed by atoms with Crippen LogP contribution in [0.4, 0.5) is 0 Å². The molecule has 0 aromatic heterocycles. The van der Waals surface area contributed by atoms with Crippen molar-refractivity contribution < 1.29 is 27.5 Å². The Hall–Kier alpha value is -1.49. The maximum Gasteiger partial charge on any atom is 0.324 e. The second-order valence-electron chi connectivity index (χ2n) is 6.93. The highest BCUT2D eigenvalue weighted by atomic mass is 79.9. The van der Waals surface area contributed by atoms with Crippen molar-refractivity contribution in [2.75, 3.05) is 26.3 Å². The number of rotatable bonds is 7. The van der Waals surface area contributed by atoms with Crippen LogP contribution in [0.3, 0.4) is 0 Å². The van der Waals surface area contributed by atoms with Gasteiger partial charge in [-0.25, -0.2) is 8.42 Å². The molecule has 0 spiro atoms. The molecule has 156 valence electrons. The van der Waals surface area contributed by atoms with Gasteiger partial charge in [-0.3, -0.25) is 9.59 Å². The number of nitrogens with zero attached hydrogens (tertiary/aromatic N) is 1. The first-order valence-corrected chi connectivity index (χ1v) is 11.2. The minimum Gasteiger partial charge on any atom is -0.454 e. The van der Waals surface area contributed by atoms with Crippen molar-refractivity contribution in [2.24, 2.45) is 5.92 Å². The van der Waals surface area contributed by atoms with Gasteiger partial charge in [-0.1, -0.05) is 29.8 Å². The van der Waals surface area contributed by atoms with Crippen LogP contribution in [-0.4, -0.2) is 63.6 Å². The highest BCUT2D eigenvalue weighted by Crippen LogP contribution is 2.16. The van der Waals surface area contributed by atoms with Crippen molar-refractivity contribution in [1.29, 1.82) is 0 Å². The van der Waals surface area contributed by atoms with Gasteiger partial charge >= 0.3 is 5.97 Å². The minimum atomic E-state index is -3.92. The lowest BCUT2D eigenvalue weighted by Crippen LogP contribution is -2.48. The first kappa shape index (κ1) is 22.8. The van der Waals surface area contributed by atoms with Gasteiger partial charge in [-0.2, -0.15) is 4.72 Å². The van der Waals surface area contributed by atoms with E-state index in [9.17, 15) is 18.0 Å². The number of hydrogen-bond donors (Lipinski definition) is 1. The van der Waals surface area contributed by atoms with Crippen molar-refractivity contribution in [3.05, 3.63) is 28.7 Å². The maximum atomic E-state index is 12.6. The predicted molar refractivity (Wildman–Crippen MR) is 106 cm³/mol. The van der Waals surface area contributed by atoms with Gasteiger partial charge in [-0.05, 0) is 37.1 Å². The summed E-state index contributed by atoms with van der Waals surface area (Å²) < 4.78 is 38.7. The number of carbonyl (C=O) groups excluding carboxylic acids is 2. The number of nitrogens with one attached hydrogen (secondary N) is 1. The summed E-state index contributed by atoms with van der Waals surface area (Å²) in [6, 6.07) is 4.94. The van der Waals surface area contributed by atoms with Gasteiger partial charge in [0.1, 0.15) is 6.04 Å². The number of morpholine rings is 1. The van der Waals surface area contributed by atoms with Crippen LogP contribution in [-0.2, 0) is 29.1 Å². The zero-order valence-electron chi connectivity index (χ0n) is 16.1. The quantitative estimate of drug-likeness (QED) is 0.598. The summed E-state index contributed by atoms with van der Waals surface area (Å²) in [5.41, 5.74) is 0. The third-order valence-electron chi connectivity index (χ3n) is 4.26. The number of esters is 1. The second-order valence-corrected chi connectivity index (χ2v) is 9.56. The number of ether oxygens (including phenoxy) is 2. The van der Waals surface area contributed by atoms with Gasteiger partial charge in [0.05, 0.1) is 17.6 Å². The molecule has 2 rings (SSSR count). The summed E-state index contributed by atoms with van der Waals surface area (Å²) in [7, 11) is -3.92. The van der Waals surface area contributed by atoms with Crippen LogP contribution in [0, 0.1) is 5.92 Å². The molecule has 0 bridgehead atoms. The molecule has 1 amide bonds. The van der Waals surface area contributed by atoms with E-state index in [1.54, 1.807) is 30.9 Å². The standard InChI is InChI=1S/C18H25BrN2O6S/c1-12(2)17(20-28(24,25)15-6-4-14(19)5-7-15)18(23)27-11-16(22)21-8-9-26-13(3)10-21/h4-7,12-13,17,20H,8-11H2,1-3H3/t13-,17-/m1/s1. The lowest BCUT2D eigenvalue weighted by Gasteiger charge is -2.31. The van der Waals surface area contributed by atoms with E-state index in [4.69, 9.17) is 9.47 Å². The van der Waals surface area contributed by atoms with Crippen LogP contribution in [0.5, 0.6) is 0 Å². The first-order valence-electron chi connectivity index (χ1n) is 8.94. The monoisotopic (exact) mass is 476 g/mol. The fourth-order valence-corrected chi connectivity index (χ4v) is 4.26. The maximum absolute atomic E-state index is 12.6. The number of carbonyl (C=O) groups is 2. The fraction of sp³-hybridized carbons (Fsp3) is 0.556. The molecule has 0 unspecified atom stereocenters. The van der Waals surface area contributed by atoms with Gasteiger partial charge in [0.2, 0.25) is 10.0 Å². The molecule has 1 saturated heterocycles. The molecule has 1 aliphatic heterocycles. The summed E-state index contributed by atoms with van der Waals surface area (Å²) in [4.78, 5) is 26.3. The van der Waals surface area contributed by atoms with Crippen LogP contribution in [0.25, 0.3) is 0 Å². The Morgan fingerprint density at radius 2 is 1.96 bits per heavy atom. The molecular weight excluding hydrogens is 452 g/mol. The number of halogens is 1. The Morgan fingerprint density at radius 3 is 2.54 bits per heavy atom. The number of sulfonamides is 1. The molecule has 10 heteroatoms. The normalized spacial score (nSPS) is 18.8. The Labute approximate surface area is 173 Å². The van der Waals surface area contributed by atoms with Crippen molar-refractivity contribution >= 4 is 37.8 Å². The Morgan fingerprint density at radius 1 is 1.32 bits per heavy atom. The van der Waals surface area contributed by atoms with E-state index >= 15 is 0 Å². The lowest BCUT2D eigenvalue weighted by atomic mass is 10.1. The molecule has 0 radical (unpaired) electrons. The minimum absolute atomic E-state index is 0.0348. The fourth-order valence-electron chi connectivity index (χ4n) is 2.66. The van der Waals surface area contributed by atoms with Crippen LogP contribution >= 0.6 is 15.9 Å². The third kappa shape index (κ3) is 6.26. The average Bonchev–Trinajstić information content (AvgIpc) is 2.64. The van der Waals surface area contributed by atoms with Crippen molar-refractivity contribution in [3.63, 3.8) is 0 Å². The van der Waals surface area contributed by atoms with Crippen molar-refractivity contribution in [1.82, 2.24) is 9.62 Å². The van der Waals surface area contributed by atoms with E-state index in [0.29, 0.717) is 19.7 Å². The lowest BCUT2D eigenvalue weighted by molar-refractivity contribution is -0.156. The van der Waals surface area contributed by atoms with Crippen LogP contribution in [0.15, 0.2) is 33.6 Å². The third-order valence-corrected chi connectivity index (χ3v) is 6.24. The summed E-state index contributed by atoms with van der Waals surface area (Å²) in [5, 5.41) is 0. The Bertz CT molecular complexity index is 797. The molecule has 0 saturated carbocycles. The SMILES string of the molecule is CC(C)[C@@H](NS(=O)(=O)c1ccc(Br)cc1)C(=O)OCC(=O)N1CCO[C@H](C)C1. The van der Waals surface area contributed by atoms with E-state index in [1.807, 2.05) is 6.92 Å². The van der Waals surface area contributed by atoms with Gasteiger partial charge < -0.3 is 14.4 Å². The van der Waals surface area contributed by atoms with Gasteiger partial charge in [0, 0.05) is 17.6 Å². The van der Waals surface area contributed by atoms with Crippen molar-refractivity contribution in [2.45, 2.75) is 37.8 Å². The predicted octanol–water partition coefficient (Wildman–Crippen LogP) is 1.54. The molecule has 28 heavy (non-hydrogen) atoms. The zero-order chi connectivity index (χ0) is 20.9.